The predicted octanol–water partition coefficient (Wildman–Crippen LogP) is 1.79. The summed E-state index contributed by atoms with van der Waals surface area (Å²) in [6.45, 7) is 12.6. The van der Waals surface area contributed by atoms with Crippen molar-refractivity contribution >= 4 is 5.91 Å². The lowest BCUT2D eigenvalue weighted by Crippen LogP contribution is -2.47. The Labute approximate surface area is 111 Å². The number of carbonyl (C=O) groups excluding carboxylic acids is 1. The predicted molar refractivity (Wildman–Crippen MR) is 73.6 cm³/mol. The average Bonchev–Trinajstić information content (AvgIpc) is 2.26. The van der Waals surface area contributed by atoms with E-state index in [1.54, 1.807) is 0 Å². The second-order valence-corrected chi connectivity index (χ2v) is 6.37. The molecule has 4 nitrogen and oxygen atoms in total. The summed E-state index contributed by atoms with van der Waals surface area (Å²) >= 11 is 0. The number of hydrogen-bond acceptors (Lipinski definition) is 3. The summed E-state index contributed by atoms with van der Waals surface area (Å²) in [5.41, 5.74) is -0.252. The zero-order valence-electron chi connectivity index (χ0n) is 12.5. The zero-order valence-corrected chi connectivity index (χ0v) is 12.5. The fourth-order valence-corrected chi connectivity index (χ4v) is 2.11. The minimum atomic E-state index is -0.252. The summed E-state index contributed by atoms with van der Waals surface area (Å²) < 4.78 is 5.47. The first-order chi connectivity index (χ1) is 8.28. The zero-order chi connectivity index (χ0) is 13.8. The van der Waals surface area contributed by atoms with Crippen LogP contribution in [0, 0.1) is 0 Å². The van der Waals surface area contributed by atoms with E-state index >= 15 is 0 Å². The Bertz CT molecular complexity index is 263. The molecule has 0 aromatic carbocycles. The smallest absolute Gasteiger partial charge is 0.246 e. The molecule has 0 unspecified atom stereocenters. The molecular weight excluding hydrogens is 228 g/mol. The van der Waals surface area contributed by atoms with E-state index in [2.05, 4.69) is 24.1 Å². The molecule has 106 valence electrons. The molecule has 1 N–H and O–H groups in total. The third kappa shape index (κ3) is 5.83. The maximum absolute atomic E-state index is 11.7. The van der Waals surface area contributed by atoms with Crippen LogP contribution in [0.15, 0.2) is 0 Å². The van der Waals surface area contributed by atoms with Gasteiger partial charge in [0.15, 0.2) is 0 Å². The van der Waals surface area contributed by atoms with E-state index in [-0.39, 0.29) is 18.1 Å². The van der Waals surface area contributed by atoms with Gasteiger partial charge in [-0.05, 0) is 47.5 Å². The van der Waals surface area contributed by atoms with Crippen molar-refractivity contribution in [3.63, 3.8) is 0 Å². The molecule has 0 aliphatic carbocycles. The first-order valence-electron chi connectivity index (χ1n) is 6.95. The van der Waals surface area contributed by atoms with E-state index < -0.39 is 0 Å². The van der Waals surface area contributed by atoms with E-state index in [1.165, 1.54) is 0 Å². The molecule has 0 radical (unpaired) electrons. The van der Waals surface area contributed by atoms with Crippen molar-refractivity contribution in [3.8, 4) is 0 Å². The molecule has 1 rings (SSSR count). The third-order valence-electron chi connectivity index (χ3n) is 3.26. The maximum Gasteiger partial charge on any atom is 0.246 e. The first kappa shape index (κ1) is 15.4. The molecule has 4 heteroatoms. The maximum atomic E-state index is 11.7. The molecule has 0 saturated carbocycles. The van der Waals surface area contributed by atoms with Crippen LogP contribution in [0.2, 0.25) is 0 Å². The van der Waals surface area contributed by atoms with Crippen LogP contribution < -0.4 is 5.32 Å². The van der Waals surface area contributed by atoms with Gasteiger partial charge in [-0.3, -0.25) is 4.79 Å². The quantitative estimate of drug-likeness (QED) is 0.834. The van der Waals surface area contributed by atoms with Gasteiger partial charge in [0.05, 0.1) is 5.60 Å². The highest BCUT2D eigenvalue weighted by Gasteiger charge is 2.22. The van der Waals surface area contributed by atoms with Crippen molar-refractivity contribution in [1.29, 1.82) is 0 Å². The first-order valence-corrected chi connectivity index (χ1v) is 6.95. The lowest BCUT2D eigenvalue weighted by atomic mass is 10.0. The van der Waals surface area contributed by atoms with Gasteiger partial charge in [0.25, 0.3) is 0 Å². The highest BCUT2D eigenvalue weighted by molar-refractivity contribution is 5.77. The highest BCUT2D eigenvalue weighted by atomic mass is 16.5. The molecule has 1 aliphatic rings. The van der Waals surface area contributed by atoms with Crippen LogP contribution in [0.4, 0.5) is 0 Å². The molecule has 1 amide bonds. The number of ether oxygens (including phenoxy) is 1. The summed E-state index contributed by atoms with van der Waals surface area (Å²) in [6, 6.07) is 0.918. The molecular formula is C14H28N2O2. The number of nitrogens with one attached hydrogen (secondary N) is 1. The van der Waals surface area contributed by atoms with E-state index in [1.807, 2.05) is 20.8 Å². The van der Waals surface area contributed by atoms with E-state index in [0.29, 0.717) is 12.1 Å². The fraction of sp³-hybridized carbons (Fsp3) is 0.929. The standard InChI is InChI=1S/C14H28N2O2/c1-11(2)16-8-6-12(7-9-16)15-13(17)10-18-14(3,4)5/h11-12H,6-10H2,1-5H3,(H,15,17). The Kier molecular flexibility index (Phi) is 5.60. The van der Waals surface area contributed by atoms with Crippen LogP contribution in [0.5, 0.6) is 0 Å². The molecule has 1 saturated heterocycles. The van der Waals surface area contributed by atoms with Crippen LogP contribution in [0.25, 0.3) is 0 Å². The van der Waals surface area contributed by atoms with E-state index in [9.17, 15) is 4.79 Å². The van der Waals surface area contributed by atoms with Gasteiger partial charge in [-0.25, -0.2) is 0 Å². The molecule has 0 bridgehead atoms. The highest BCUT2D eigenvalue weighted by Crippen LogP contribution is 2.13. The molecule has 1 fully saturated rings. The van der Waals surface area contributed by atoms with Gasteiger partial charge in [0, 0.05) is 25.2 Å². The molecule has 18 heavy (non-hydrogen) atoms. The number of amides is 1. The number of carbonyl (C=O) groups is 1. The van der Waals surface area contributed by atoms with Crippen molar-refractivity contribution in [1.82, 2.24) is 10.2 Å². The summed E-state index contributed by atoms with van der Waals surface area (Å²) in [7, 11) is 0. The molecule has 0 aromatic heterocycles. The van der Waals surface area contributed by atoms with E-state index in [4.69, 9.17) is 4.74 Å². The van der Waals surface area contributed by atoms with Crippen LogP contribution >= 0.6 is 0 Å². The van der Waals surface area contributed by atoms with Crippen LogP contribution in [0.1, 0.15) is 47.5 Å². The van der Waals surface area contributed by atoms with Gasteiger partial charge < -0.3 is 15.0 Å². The Morgan fingerprint density at radius 3 is 2.33 bits per heavy atom. The second-order valence-electron chi connectivity index (χ2n) is 6.37. The topological polar surface area (TPSA) is 41.6 Å². The van der Waals surface area contributed by atoms with Gasteiger partial charge in [0.2, 0.25) is 5.91 Å². The second kappa shape index (κ2) is 6.53. The van der Waals surface area contributed by atoms with Gasteiger partial charge in [0.1, 0.15) is 6.61 Å². The van der Waals surface area contributed by atoms with Crippen molar-refractivity contribution < 1.29 is 9.53 Å². The minimum Gasteiger partial charge on any atom is -0.366 e. The van der Waals surface area contributed by atoms with Crippen molar-refractivity contribution in [2.75, 3.05) is 19.7 Å². The van der Waals surface area contributed by atoms with Gasteiger partial charge >= 0.3 is 0 Å². The van der Waals surface area contributed by atoms with Gasteiger partial charge in [-0.1, -0.05) is 0 Å². The Balaban J connectivity index is 2.22. The minimum absolute atomic E-state index is 0.00734. The molecule has 1 heterocycles. The Morgan fingerprint density at radius 1 is 1.33 bits per heavy atom. The Hall–Kier alpha value is -0.610. The normalized spacial score (nSPS) is 19.2. The number of rotatable bonds is 4. The molecule has 0 atom stereocenters. The number of likely N-dealkylation sites (tertiary alicyclic amines) is 1. The molecule has 0 aromatic rings. The molecule has 0 spiro atoms. The monoisotopic (exact) mass is 256 g/mol. The number of hydrogen-bond donors (Lipinski definition) is 1. The van der Waals surface area contributed by atoms with Crippen LogP contribution in [-0.4, -0.2) is 48.2 Å². The van der Waals surface area contributed by atoms with Crippen LogP contribution in [0.3, 0.4) is 0 Å². The fourth-order valence-electron chi connectivity index (χ4n) is 2.11. The Morgan fingerprint density at radius 2 is 1.89 bits per heavy atom. The van der Waals surface area contributed by atoms with Crippen molar-refractivity contribution in [2.24, 2.45) is 0 Å². The van der Waals surface area contributed by atoms with Gasteiger partial charge in [-0.15, -0.1) is 0 Å². The summed E-state index contributed by atoms with van der Waals surface area (Å²) in [5, 5.41) is 3.06. The summed E-state index contributed by atoms with van der Waals surface area (Å²) in [4.78, 5) is 14.2. The lowest BCUT2D eigenvalue weighted by Gasteiger charge is -2.35. The SMILES string of the molecule is CC(C)N1CCC(NC(=O)COC(C)(C)C)CC1. The van der Waals surface area contributed by atoms with Crippen molar-refractivity contribution in [2.45, 2.75) is 65.1 Å². The van der Waals surface area contributed by atoms with Gasteiger partial charge in [-0.2, -0.15) is 0 Å². The third-order valence-corrected chi connectivity index (χ3v) is 3.26. The average molecular weight is 256 g/mol. The summed E-state index contributed by atoms with van der Waals surface area (Å²) in [5.74, 6) is 0.00734. The van der Waals surface area contributed by atoms with Crippen molar-refractivity contribution in [3.05, 3.63) is 0 Å². The number of nitrogens with zero attached hydrogens (tertiary/aromatic N) is 1. The molecule has 1 aliphatic heterocycles. The van der Waals surface area contributed by atoms with Crippen LogP contribution in [-0.2, 0) is 9.53 Å². The largest absolute Gasteiger partial charge is 0.366 e. The lowest BCUT2D eigenvalue weighted by molar-refractivity contribution is -0.131. The summed E-state index contributed by atoms with van der Waals surface area (Å²) in [6.07, 6.45) is 2.08. The van der Waals surface area contributed by atoms with E-state index in [0.717, 1.165) is 25.9 Å². The number of piperidine rings is 1.